The molecule has 2 atom stereocenters. The van der Waals surface area contributed by atoms with Gasteiger partial charge in [-0.1, -0.05) is 25.0 Å². The van der Waals surface area contributed by atoms with E-state index in [4.69, 9.17) is 4.74 Å². The summed E-state index contributed by atoms with van der Waals surface area (Å²) in [7, 11) is 0. The highest BCUT2D eigenvalue weighted by molar-refractivity contribution is 5.83. The van der Waals surface area contributed by atoms with E-state index in [1.807, 2.05) is 10.7 Å². The number of hydrogen-bond donors (Lipinski definition) is 1. The molecule has 32 heavy (non-hydrogen) atoms. The fourth-order valence-corrected chi connectivity index (χ4v) is 5.12. The maximum atomic E-state index is 13.4. The molecule has 4 heterocycles. The number of likely N-dealkylation sites (tertiary alicyclic amines) is 1. The van der Waals surface area contributed by atoms with Gasteiger partial charge in [-0.2, -0.15) is 0 Å². The van der Waals surface area contributed by atoms with Crippen molar-refractivity contribution in [2.45, 2.75) is 71.1 Å². The summed E-state index contributed by atoms with van der Waals surface area (Å²) in [5.74, 6) is 0.732. The number of ether oxygens (including phenoxy) is 1. The number of aromatic amines is 1. The van der Waals surface area contributed by atoms with Gasteiger partial charge in [-0.25, -0.2) is 4.68 Å². The molecule has 5 rings (SSSR count). The van der Waals surface area contributed by atoms with Crippen molar-refractivity contribution in [2.24, 2.45) is 0 Å². The van der Waals surface area contributed by atoms with Crippen LogP contribution in [0.4, 0.5) is 0 Å². The molecule has 0 aliphatic carbocycles. The zero-order valence-electron chi connectivity index (χ0n) is 19.0. The third-order valence-electron chi connectivity index (χ3n) is 7.08. The average molecular weight is 437 g/mol. The molecule has 170 valence electrons. The predicted molar refractivity (Wildman–Crippen MR) is 123 cm³/mol. The van der Waals surface area contributed by atoms with Gasteiger partial charge in [0.05, 0.1) is 18.2 Å². The second-order valence-corrected chi connectivity index (χ2v) is 9.23. The molecule has 0 bridgehead atoms. The van der Waals surface area contributed by atoms with Gasteiger partial charge in [0, 0.05) is 12.2 Å². The number of aromatic nitrogens is 5. The lowest BCUT2D eigenvalue weighted by atomic mass is 10.00. The molecule has 0 amide bonds. The van der Waals surface area contributed by atoms with E-state index in [1.165, 1.54) is 18.4 Å². The highest BCUT2D eigenvalue weighted by Crippen LogP contribution is 2.30. The summed E-state index contributed by atoms with van der Waals surface area (Å²) in [6.45, 7) is 7.41. The molecular weight excluding hydrogens is 404 g/mol. The number of nitrogens with zero attached hydrogens (tertiary/aromatic N) is 5. The fraction of sp³-hybridized carbons (Fsp3) is 0.583. The number of aryl methyl sites for hydroxylation is 2. The number of fused-ring (bicyclic) bond motifs is 1. The van der Waals surface area contributed by atoms with Gasteiger partial charge in [0.2, 0.25) is 0 Å². The van der Waals surface area contributed by atoms with Crippen LogP contribution in [0.1, 0.15) is 67.1 Å². The van der Waals surface area contributed by atoms with E-state index in [-0.39, 0.29) is 17.7 Å². The summed E-state index contributed by atoms with van der Waals surface area (Å²) in [6.07, 6.45) is 6.89. The van der Waals surface area contributed by atoms with Crippen LogP contribution in [-0.4, -0.2) is 55.9 Å². The Bertz CT molecular complexity index is 1140. The van der Waals surface area contributed by atoms with Crippen molar-refractivity contribution in [3.8, 4) is 0 Å². The number of hydrogen-bond acceptors (Lipinski definition) is 6. The lowest BCUT2D eigenvalue weighted by molar-refractivity contribution is 0.0909. The minimum atomic E-state index is -0.278. The van der Waals surface area contributed by atoms with Crippen LogP contribution in [0.2, 0.25) is 0 Å². The van der Waals surface area contributed by atoms with E-state index in [0.29, 0.717) is 12.1 Å². The summed E-state index contributed by atoms with van der Waals surface area (Å²) < 4.78 is 7.70. The van der Waals surface area contributed by atoms with E-state index in [1.54, 1.807) is 0 Å². The lowest BCUT2D eigenvalue weighted by Gasteiger charge is -2.30. The maximum Gasteiger partial charge on any atom is 0.253 e. The van der Waals surface area contributed by atoms with Gasteiger partial charge < -0.3 is 9.72 Å². The van der Waals surface area contributed by atoms with Gasteiger partial charge in [0.1, 0.15) is 6.04 Å². The molecule has 2 aliphatic heterocycles. The zero-order valence-corrected chi connectivity index (χ0v) is 19.0. The third-order valence-corrected chi connectivity index (χ3v) is 7.08. The maximum absolute atomic E-state index is 13.4. The first-order valence-electron chi connectivity index (χ1n) is 11.9. The van der Waals surface area contributed by atoms with Crippen LogP contribution in [-0.2, 0) is 11.3 Å². The Balaban J connectivity index is 1.61. The van der Waals surface area contributed by atoms with Crippen LogP contribution >= 0.6 is 0 Å². The van der Waals surface area contributed by atoms with Crippen molar-refractivity contribution in [3.05, 3.63) is 51.1 Å². The molecule has 2 aromatic heterocycles. The number of nitrogens with one attached hydrogen (secondary N) is 1. The summed E-state index contributed by atoms with van der Waals surface area (Å²) in [5, 5.41) is 13.8. The topological polar surface area (TPSA) is 88.9 Å². The monoisotopic (exact) mass is 436 g/mol. The Hall–Kier alpha value is -2.58. The first-order chi connectivity index (χ1) is 15.6. The Morgan fingerprint density at radius 1 is 1.16 bits per heavy atom. The van der Waals surface area contributed by atoms with Crippen LogP contribution in [0.25, 0.3) is 10.9 Å². The molecule has 1 N–H and O–H groups in total. The minimum absolute atomic E-state index is 0.0629. The zero-order chi connectivity index (χ0) is 22.1. The molecule has 1 aromatic carbocycles. The first-order valence-corrected chi connectivity index (χ1v) is 11.9. The van der Waals surface area contributed by atoms with Gasteiger partial charge in [-0.15, -0.1) is 5.10 Å². The SMILES string of the molecule is Cc1ccc2cc(C(c3nnnn3CC3CCCO3)N3CCCCCC3)c(=O)[nH]c2c1C. The molecule has 0 radical (unpaired) electrons. The Morgan fingerprint density at radius 3 is 2.72 bits per heavy atom. The Kier molecular flexibility index (Phi) is 6.06. The Morgan fingerprint density at radius 2 is 1.97 bits per heavy atom. The number of tetrazole rings is 1. The minimum Gasteiger partial charge on any atom is -0.376 e. The first kappa shape index (κ1) is 21.3. The summed E-state index contributed by atoms with van der Waals surface area (Å²) >= 11 is 0. The van der Waals surface area contributed by atoms with Gasteiger partial charge in [-0.05, 0) is 85.6 Å². The van der Waals surface area contributed by atoms with Crippen molar-refractivity contribution >= 4 is 10.9 Å². The van der Waals surface area contributed by atoms with E-state index < -0.39 is 0 Å². The van der Waals surface area contributed by atoms with Crippen LogP contribution in [0.5, 0.6) is 0 Å². The van der Waals surface area contributed by atoms with Crippen LogP contribution in [0.15, 0.2) is 23.0 Å². The van der Waals surface area contributed by atoms with Gasteiger partial charge in [0.15, 0.2) is 5.82 Å². The smallest absolute Gasteiger partial charge is 0.253 e. The second kappa shape index (κ2) is 9.11. The summed E-state index contributed by atoms with van der Waals surface area (Å²) in [4.78, 5) is 19.0. The largest absolute Gasteiger partial charge is 0.376 e. The second-order valence-electron chi connectivity index (χ2n) is 9.23. The number of benzene rings is 1. The third kappa shape index (κ3) is 4.09. The molecule has 0 saturated carbocycles. The van der Waals surface area contributed by atoms with Crippen molar-refractivity contribution in [2.75, 3.05) is 19.7 Å². The summed E-state index contributed by atoms with van der Waals surface area (Å²) in [6, 6.07) is 5.97. The van der Waals surface area contributed by atoms with Crippen LogP contribution < -0.4 is 5.56 Å². The van der Waals surface area contributed by atoms with Crippen molar-refractivity contribution in [1.82, 2.24) is 30.1 Å². The highest BCUT2D eigenvalue weighted by atomic mass is 16.5. The predicted octanol–water partition coefficient (Wildman–Crippen LogP) is 3.28. The van der Waals surface area contributed by atoms with Crippen molar-refractivity contribution in [3.63, 3.8) is 0 Å². The molecule has 0 spiro atoms. The molecule has 8 nitrogen and oxygen atoms in total. The van der Waals surface area contributed by atoms with Gasteiger partial charge in [0.25, 0.3) is 5.56 Å². The quantitative estimate of drug-likeness (QED) is 0.660. The number of pyridine rings is 1. The van der Waals surface area contributed by atoms with E-state index in [2.05, 4.69) is 51.4 Å². The summed E-state index contributed by atoms with van der Waals surface area (Å²) in [5.41, 5.74) is 3.84. The van der Waals surface area contributed by atoms with Gasteiger partial charge >= 0.3 is 0 Å². The van der Waals surface area contributed by atoms with Crippen LogP contribution in [0, 0.1) is 13.8 Å². The van der Waals surface area contributed by atoms with E-state index >= 15 is 0 Å². The van der Waals surface area contributed by atoms with Crippen molar-refractivity contribution in [1.29, 1.82) is 0 Å². The van der Waals surface area contributed by atoms with E-state index in [0.717, 1.165) is 67.7 Å². The average Bonchev–Trinajstić information content (AvgIpc) is 3.39. The molecule has 2 unspecified atom stereocenters. The highest BCUT2D eigenvalue weighted by Gasteiger charge is 2.32. The molecule has 8 heteroatoms. The number of H-pyrrole nitrogens is 1. The lowest BCUT2D eigenvalue weighted by Crippen LogP contribution is -2.36. The molecule has 3 aromatic rings. The van der Waals surface area contributed by atoms with Gasteiger partial charge in [-0.3, -0.25) is 9.69 Å². The standard InChI is InChI=1S/C24H32N6O2/c1-16-9-10-18-14-20(24(31)25-21(18)17(16)2)22(29-11-5-3-4-6-12-29)23-26-27-28-30(23)15-19-8-7-13-32-19/h9-10,14,19,22H,3-8,11-13,15H2,1-2H3,(H,25,31). The van der Waals surface area contributed by atoms with Crippen LogP contribution in [0.3, 0.4) is 0 Å². The normalized spacial score (nSPS) is 21.1. The molecule has 2 aliphatic rings. The fourth-order valence-electron chi connectivity index (χ4n) is 5.12. The number of rotatable bonds is 5. The Labute approximate surface area is 188 Å². The van der Waals surface area contributed by atoms with E-state index in [9.17, 15) is 4.79 Å². The molecule has 2 saturated heterocycles. The molecule has 2 fully saturated rings. The molecular formula is C24H32N6O2. The van der Waals surface area contributed by atoms with Crippen molar-refractivity contribution < 1.29 is 4.74 Å².